The second kappa shape index (κ2) is 5.99. The van der Waals surface area contributed by atoms with Crippen LogP contribution in [0.25, 0.3) is 0 Å². The Kier molecular flexibility index (Phi) is 4.49. The zero-order valence-corrected chi connectivity index (χ0v) is 13.0. The third-order valence-corrected chi connectivity index (χ3v) is 4.45. The molecule has 1 saturated heterocycles. The minimum absolute atomic E-state index is 0.0910. The zero-order chi connectivity index (χ0) is 15.7. The van der Waals surface area contributed by atoms with Crippen LogP contribution in [0.5, 0.6) is 0 Å². The summed E-state index contributed by atoms with van der Waals surface area (Å²) in [6.07, 6.45) is 0. The Labute approximate surface area is 128 Å². The highest BCUT2D eigenvalue weighted by Crippen LogP contribution is 2.29. The Morgan fingerprint density at radius 1 is 1.33 bits per heavy atom. The van der Waals surface area contributed by atoms with Gasteiger partial charge in [0.15, 0.2) is 0 Å². The lowest BCUT2D eigenvalue weighted by molar-refractivity contribution is -0.384. The number of hydrogen-bond acceptors (Lipinski definition) is 4. The van der Waals surface area contributed by atoms with Crippen LogP contribution < -0.4 is 0 Å². The van der Waals surface area contributed by atoms with Gasteiger partial charge in [-0.1, -0.05) is 17.7 Å². The average Bonchev–Trinajstić information content (AvgIpc) is 2.43. The number of carbonyl (C=O) groups excluding carboxylic acids is 1. The van der Waals surface area contributed by atoms with Crippen LogP contribution >= 0.6 is 11.6 Å². The molecule has 1 aromatic carbocycles. The molecular weight excluding hydrogens is 294 g/mol. The number of benzene rings is 1. The molecular formula is C14H18ClN3O3. The maximum atomic E-state index is 12.6. The normalized spacial score (nSPS) is 23.1. The second-order valence-electron chi connectivity index (χ2n) is 5.47. The molecule has 1 amide bonds. The van der Waals surface area contributed by atoms with Crippen molar-refractivity contribution >= 4 is 23.2 Å². The number of nitro benzene ring substituents is 1. The smallest absolute Gasteiger partial charge is 0.288 e. The molecule has 114 valence electrons. The van der Waals surface area contributed by atoms with E-state index in [0.29, 0.717) is 13.1 Å². The van der Waals surface area contributed by atoms with Gasteiger partial charge in [-0.3, -0.25) is 19.8 Å². The first-order valence-corrected chi connectivity index (χ1v) is 7.14. The van der Waals surface area contributed by atoms with Gasteiger partial charge in [0.05, 0.1) is 10.5 Å². The molecule has 0 aromatic heterocycles. The lowest BCUT2D eigenvalue weighted by atomic mass is 10.1. The van der Waals surface area contributed by atoms with Gasteiger partial charge < -0.3 is 4.90 Å². The molecule has 21 heavy (non-hydrogen) atoms. The number of piperazine rings is 1. The van der Waals surface area contributed by atoms with Crippen molar-refractivity contribution in [2.24, 2.45) is 0 Å². The van der Waals surface area contributed by atoms with Crippen molar-refractivity contribution in [1.82, 2.24) is 9.80 Å². The van der Waals surface area contributed by atoms with E-state index in [9.17, 15) is 14.9 Å². The number of carbonyl (C=O) groups is 1. The summed E-state index contributed by atoms with van der Waals surface area (Å²) >= 11 is 6.02. The van der Waals surface area contributed by atoms with Crippen molar-refractivity contribution in [3.8, 4) is 0 Å². The Hall–Kier alpha value is -1.66. The Balaban J connectivity index is 2.29. The molecule has 0 radical (unpaired) electrons. The summed E-state index contributed by atoms with van der Waals surface area (Å²) in [5, 5.41) is 10.8. The maximum Gasteiger partial charge on any atom is 0.288 e. The second-order valence-corrected chi connectivity index (χ2v) is 5.85. The molecule has 1 fully saturated rings. The molecule has 2 unspecified atom stereocenters. The summed E-state index contributed by atoms with van der Waals surface area (Å²) in [6.45, 7) is 5.26. The summed E-state index contributed by atoms with van der Waals surface area (Å²) in [5.74, 6) is -0.254. The van der Waals surface area contributed by atoms with E-state index < -0.39 is 4.92 Å². The Morgan fingerprint density at radius 2 is 1.90 bits per heavy atom. The molecule has 2 rings (SSSR count). The van der Waals surface area contributed by atoms with Crippen molar-refractivity contribution in [2.45, 2.75) is 25.9 Å². The number of nitrogens with zero attached hydrogens (tertiary/aromatic N) is 3. The fraction of sp³-hybridized carbons (Fsp3) is 0.500. The molecule has 0 N–H and O–H groups in total. The molecule has 1 aliphatic heterocycles. The highest BCUT2D eigenvalue weighted by molar-refractivity contribution is 6.35. The topological polar surface area (TPSA) is 66.7 Å². The molecule has 0 spiro atoms. The summed E-state index contributed by atoms with van der Waals surface area (Å²) in [7, 11) is 2.03. The van der Waals surface area contributed by atoms with Crippen molar-refractivity contribution in [3.05, 3.63) is 38.9 Å². The highest BCUT2D eigenvalue weighted by atomic mass is 35.5. The molecule has 7 heteroatoms. The number of likely N-dealkylation sites (N-methyl/N-ethyl adjacent to an activating group) is 1. The number of amides is 1. The predicted molar refractivity (Wildman–Crippen MR) is 80.7 cm³/mol. The van der Waals surface area contributed by atoms with E-state index in [4.69, 9.17) is 11.6 Å². The van der Waals surface area contributed by atoms with E-state index >= 15 is 0 Å². The van der Waals surface area contributed by atoms with E-state index in [1.54, 1.807) is 4.90 Å². The predicted octanol–water partition coefficient (Wildman–Crippen LogP) is 2.41. The van der Waals surface area contributed by atoms with E-state index in [0.717, 1.165) is 0 Å². The van der Waals surface area contributed by atoms with Crippen LogP contribution in [0, 0.1) is 10.1 Å². The lowest BCUT2D eigenvalue weighted by Gasteiger charge is -2.42. The summed E-state index contributed by atoms with van der Waals surface area (Å²) < 4.78 is 0. The molecule has 0 bridgehead atoms. The van der Waals surface area contributed by atoms with Gasteiger partial charge in [-0.15, -0.1) is 0 Å². The maximum absolute atomic E-state index is 12.6. The molecule has 1 aliphatic rings. The third kappa shape index (κ3) is 3.01. The van der Waals surface area contributed by atoms with Crippen LogP contribution in [-0.2, 0) is 0 Å². The SMILES string of the molecule is CC1CN(C(=O)c2cccc([N+](=O)[O-])c2Cl)CC(C)N1C. The standard InChI is InChI=1S/C14H18ClN3O3/c1-9-7-17(8-10(2)16(9)3)14(19)11-5-4-6-12(13(11)15)18(20)21/h4-6,9-10H,7-8H2,1-3H3. The van der Waals surface area contributed by atoms with Crippen LogP contribution in [0.4, 0.5) is 5.69 Å². The lowest BCUT2D eigenvalue weighted by Crippen LogP contribution is -2.56. The van der Waals surface area contributed by atoms with E-state index in [1.165, 1.54) is 18.2 Å². The van der Waals surface area contributed by atoms with Gasteiger partial charge in [-0.05, 0) is 27.0 Å². The van der Waals surface area contributed by atoms with E-state index in [-0.39, 0.29) is 34.3 Å². The number of rotatable bonds is 2. The van der Waals surface area contributed by atoms with Crippen LogP contribution in [0.15, 0.2) is 18.2 Å². The first kappa shape index (κ1) is 15.7. The number of nitro groups is 1. The molecule has 1 aromatic rings. The first-order chi connectivity index (χ1) is 9.82. The van der Waals surface area contributed by atoms with E-state index in [2.05, 4.69) is 4.90 Å². The van der Waals surface area contributed by atoms with E-state index in [1.807, 2.05) is 20.9 Å². The Morgan fingerprint density at radius 3 is 2.43 bits per heavy atom. The average molecular weight is 312 g/mol. The quantitative estimate of drug-likeness (QED) is 0.621. The van der Waals surface area contributed by atoms with Crippen LogP contribution in [0.3, 0.4) is 0 Å². The van der Waals surface area contributed by atoms with Gasteiger partial charge in [0, 0.05) is 31.2 Å². The number of hydrogen-bond donors (Lipinski definition) is 0. The monoisotopic (exact) mass is 311 g/mol. The molecule has 0 aliphatic carbocycles. The zero-order valence-electron chi connectivity index (χ0n) is 12.2. The molecule has 0 saturated carbocycles. The minimum Gasteiger partial charge on any atom is -0.335 e. The van der Waals surface area contributed by atoms with Gasteiger partial charge >= 0.3 is 0 Å². The minimum atomic E-state index is -0.575. The first-order valence-electron chi connectivity index (χ1n) is 6.77. The van der Waals surface area contributed by atoms with Crippen molar-refractivity contribution in [3.63, 3.8) is 0 Å². The fourth-order valence-corrected chi connectivity index (χ4v) is 2.84. The van der Waals surface area contributed by atoms with Crippen molar-refractivity contribution in [1.29, 1.82) is 0 Å². The van der Waals surface area contributed by atoms with Gasteiger partial charge in [0.1, 0.15) is 5.02 Å². The summed E-state index contributed by atoms with van der Waals surface area (Å²) in [5.41, 5.74) is -0.0486. The highest BCUT2D eigenvalue weighted by Gasteiger charge is 2.31. The van der Waals surface area contributed by atoms with Crippen LogP contribution in [0.2, 0.25) is 5.02 Å². The number of halogens is 1. The van der Waals surface area contributed by atoms with Crippen molar-refractivity contribution in [2.75, 3.05) is 20.1 Å². The molecule has 2 atom stereocenters. The van der Waals surface area contributed by atoms with Crippen molar-refractivity contribution < 1.29 is 9.72 Å². The van der Waals surface area contributed by atoms with Crippen LogP contribution in [-0.4, -0.2) is 52.9 Å². The molecule has 1 heterocycles. The van der Waals surface area contributed by atoms with Gasteiger partial charge in [-0.2, -0.15) is 0 Å². The third-order valence-electron chi connectivity index (χ3n) is 4.05. The van der Waals surface area contributed by atoms with Crippen LogP contribution in [0.1, 0.15) is 24.2 Å². The van der Waals surface area contributed by atoms with Gasteiger partial charge in [-0.25, -0.2) is 0 Å². The fourth-order valence-electron chi connectivity index (χ4n) is 2.57. The summed E-state index contributed by atoms with van der Waals surface area (Å²) in [4.78, 5) is 26.8. The Bertz CT molecular complexity index is 567. The molecule has 6 nitrogen and oxygen atoms in total. The summed E-state index contributed by atoms with van der Waals surface area (Å²) in [6, 6.07) is 4.78. The van der Waals surface area contributed by atoms with Gasteiger partial charge in [0.25, 0.3) is 11.6 Å². The largest absolute Gasteiger partial charge is 0.335 e. The van der Waals surface area contributed by atoms with Gasteiger partial charge in [0.2, 0.25) is 0 Å².